The second-order valence-corrected chi connectivity index (χ2v) is 4.81. The first-order chi connectivity index (χ1) is 11.7. The fourth-order valence-corrected chi connectivity index (χ4v) is 1.45. The first-order valence-corrected chi connectivity index (χ1v) is 5.62. The van der Waals surface area contributed by atoms with Crippen LogP contribution in [0.5, 0.6) is 0 Å². The molecule has 0 bridgehead atoms. The van der Waals surface area contributed by atoms with Crippen molar-refractivity contribution in [3.63, 3.8) is 0 Å². The molecule has 0 heterocycles. The quantitative estimate of drug-likeness (QED) is 0.411. The third-order valence-corrected chi connectivity index (χ3v) is 3.05. The number of carboxylic acid groups (broad SMARTS) is 1. The molecule has 0 unspecified atom stereocenters. The second kappa shape index (κ2) is 7.45. The second-order valence-electron chi connectivity index (χ2n) is 4.81. The number of rotatable bonds is 6. The Kier molecular flexibility index (Phi) is 7.83. The molecule has 0 N–H and O–H groups in total. The van der Waals surface area contributed by atoms with Crippen LogP contribution in [0.2, 0.25) is 0 Å². The van der Waals surface area contributed by atoms with Crippen LogP contribution in [-0.4, -0.2) is 53.6 Å². The van der Waals surface area contributed by atoms with Gasteiger partial charge in [0.2, 0.25) is 0 Å². The first kappa shape index (κ1) is 30.5. The molecule has 0 rings (SSSR count). The zero-order valence-electron chi connectivity index (χ0n) is 12.7. The van der Waals surface area contributed by atoms with Gasteiger partial charge in [-0.25, -0.2) is 4.39 Å². The summed E-state index contributed by atoms with van der Waals surface area (Å²) in [5, 5.41) is 9.67. The fourth-order valence-electron chi connectivity index (χ4n) is 1.45. The Hall–Kier alpha value is -0.720. The molecule has 2 nitrogen and oxygen atoms in total. The van der Waals surface area contributed by atoms with E-state index in [1.54, 1.807) is 0 Å². The summed E-state index contributed by atoms with van der Waals surface area (Å²) in [6.07, 6.45) is -16.4. The van der Waals surface area contributed by atoms with Gasteiger partial charge in [0, 0.05) is 0 Å². The van der Waals surface area contributed by atoms with E-state index in [2.05, 4.69) is 0 Å². The smallest absolute Gasteiger partial charge is 0.544 e. The SMILES string of the molecule is O=C([O-])C(F)(F)C(F)(F)C(F)(F)C(F)(F)C(F)(F)C(F)(C(F)(F)F)C(F)(F)F.[Na+]. The summed E-state index contributed by atoms with van der Waals surface area (Å²) >= 11 is 0. The predicted octanol–water partition coefficient (Wildman–Crippen LogP) is 0.750. The van der Waals surface area contributed by atoms with Crippen molar-refractivity contribution in [3.05, 3.63) is 0 Å². The molecule has 0 aliphatic heterocycles. The van der Waals surface area contributed by atoms with E-state index in [0.29, 0.717) is 0 Å². The summed E-state index contributed by atoms with van der Waals surface area (Å²) in [5.74, 6) is -47.0. The molecule has 0 spiro atoms. The zero-order valence-corrected chi connectivity index (χ0v) is 14.7. The summed E-state index contributed by atoms with van der Waals surface area (Å²) in [7, 11) is 0. The van der Waals surface area contributed by atoms with Gasteiger partial charge in [-0.15, -0.1) is 0 Å². The molecule has 0 saturated carbocycles. The van der Waals surface area contributed by atoms with Crippen LogP contribution in [0.3, 0.4) is 0 Å². The van der Waals surface area contributed by atoms with Gasteiger partial charge in [0.1, 0.15) is 5.97 Å². The van der Waals surface area contributed by atoms with Crippen LogP contribution >= 0.6 is 0 Å². The number of hydrogen-bond donors (Lipinski definition) is 0. The van der Waals surface area contributed by atoms with E-state index in [9.17, 15) is 84.5 Å². The summed E-state index contributed by atoms with van der Waals surface area (Å²) in [6, 6.07) is 0. The maximum atomic E-state index is 13.1. The number of halogens is 17. The van der Waals surface area contributed by atoms with Gasteiger partial charge >= 0.3 is 77.2 Å². The molecule has 0 amide bonds. The van der Waals surface area contributed by atoms with Gasteiger partial charge in [-0.1, -0.05) is 0 Å². The van der Waals surface area contributed by atoms with E-state index in [4.69, 9.17) is 0 Å². The largest absolute Gasteiger partial charge is 1.00 e. The van der Waals surface area contributed by atoms with Crippen LogP contribution in [0, 0.1) is 0 Å². The average molecular weight is 486 g/mol. The van der Waals surface area contributed by atoms with Crippen molar-refractivity contribution < 1.29 is 114 Å². The summed E-state index contributed by atoms with van der Waals surface area (Å²) in [4.78, 5) is 9.67. The van der Waals surface area contributed by atoms with Crippen LogP contribution in [0.15, 0.2) is 0 Å². The van der Waals surface area contributed by atoms with Gasteiger partial charge in [0.25, 0.3) is 0 Å². The molecule has 29 heavy (non-hydrogen) atoms. The molecule has 0 saturated heterocycles. The number of carbonyl (C=O) groups is 1. The zero-order chi connectivity index (χ0) is 23.6. The van der Waals surface area contributed by atoms with Crippen LogP contribution in [0.1, 0.15) is 0 Å². The fraction of sp³-hybridized carbons (Fsp3) is 0.889. The maximum absolute atomic E-state index is 13.1. The van der Waals surface area contributed by atoms with Crippen LogP contribution in [0.25, 0.3) is 0 Å². The Bertz CT molecular complexity index is 603. The van der Waals surface area contributed by atoms with Gasteiger partial charge in [0.15, 0.2) is 0 Å². The normalized spacial score (nSPS) is 15.8. The van der Waals surface area contributed by atoms with Crippen molar-refractivity contribution in [1.29, 1.82) is 0 Å². The molecular formula is C9F17NaO2. The van der Waals surface area contributed by atoms with Crippen LogP contribution in [0.4, 0.5) is 74.6 Å². The van der Waals surface area contributed by atoms with E-state index >= 15 is 0 Å². The number of carbonyl (C=O) groups excluding carboxylic acids is 1. The molecule has 168 valence electrons. The number of aliphatic carboxylic acids is 1. The van der Waals surface area contributed by atoms with Crippen molar-refractivity contribution in [2.45, 2.75) is 47.6 Å². The standard InChI is InChI=1S/C9HF17O2.Na/c10-2(11,1(27)28)4(13,14)6(17,18)7(19,20)5(15,16)3(12,8(21,22)23)9(24,25)26;/h(H,27,28);/q;+1/p-1. The van der Waals surface area contributed by atoms with E-state index in [0.717, 1.165) is 0 Å². The molecule has 0 atom stereocenters. The summed E-state index contributed by atoms with van der Waals surface area (Å²) in [6.45, 7) is 0. The van der Waals surface area contributed by atoms with Crippen molar-refractivity contribution >= 4 is 5.97 Å². The molecule has 0 radical (unpaired) electrons. The average Bonchev–Trinajstić information content (AvgIpc) is 2.42. The van der Waals surface area contributed by atoms with E-state index in [1.165, 1.54) is 0 Å². The Morgan fingerprint density at radius 1 is 0.483 bits per heavy atom. The number of alkyl halides is 17. The van der Waals surface area contributed by atoms with Gasteiger partial charge in [-0.2, -0.15) is 70.2 Å². The monoisotopic (exact) mass is 486 g/mol. The van der Waals surface area contributed by atoms with E-state index < -0.39 is 53.6 Å². The predicted molar refractivity (Wildman–Crippen MR) is 45.7 cm³/mol. The van der Waals surface area contributed by atoms with Crippen molar-refractivity contribution in [3.8, 4) is 0 Å². The van der Waals surface area contributed by atoms with Crippen LogP contribution < -0.4 is 34.7 Å². The van der Waals surface area contributed by atoms with Crippen molar-refractivity contribution in [1.82, 2.24) is 0 Å². The molecule has 0 aromatic rings. The molecule has 0 aliphatic rings. The molecule has 0 aromatic carbocycles. The number of hydrogen-bond acceptors (Lipinski definition) is 2. The van der Waals surface area contributed by atoms with Gasteiger partial charge in [0.05, 0.1) is 0 Å². The maximum Gasteiger partial charge on any atom is 1.00 e. The molecule has 20 heteroatoms. The minimum absolute atomic E-state index is 0. The minimum atomic E-state index is -8.91. The van der Waals surface area contributed by atoms with E-state index in [-0.39, 0.29) is 29.6 Å². The molecule has 0 aromatic heterocycles. The minimum Gasteiger partial charge on any atom is -0.544 e. The topological polar surface area (TPSA) is 40.1 Å². The van der Waals surface area contributed by atoms with Crippen LogP contribution in [-0.2, 0) is 4.79 Å². The van der Waals surface area contributed by atoms with Gasteiger partial charge < -0.3 is 9.90 Å². The van der Waals surface area contributed by atoms with Gasteiger partial charge in [-0.05, 0) is 0 Å². The number of carboxylic acids is 1. The van der Waals surface area contributed by atoms with Gasteiger partial charge in [-0.3, -0.25) is 0 Å². The Morgan fingerprint density at radius 3 is 0.931 bits per heavy atom. The third kappa shape index (κ3) is 3.74. The molecular weight excluding hydrogens is 486 g/mol. The first-order valence-electron chi connectivity index (χ1n) is 5.62. The third-order valence-electron chi connectivity index (χ3n) is 3.05. The van der Waals surface area contributed by atoms with E-state index in [1.807, 2.05) is 0 Å². The summed E-state index contributed by atoms with van der Waals surface area (Å²) < 4.78 is 214. The Labute approximate surface area is 168 Å². The Morgan fingerprint density at radius 2 is 0.724 bits per heavy atom. The Balaban J connectivity index is 0. The molecule has 0 fully saturated rings. The molecule has 0 aliphatic carbocycles. The summed E-state index contributed by atoms with van der Waals surface area (Å²) in [5.41, 5.74) is -8.66. The van der Waals surface area contributed by atoms with Crippen molar-refractivity contribution in [2.75, 3.05) is 0 Å². The van der Waals surface area contributed by atoms with Crippen molar-refractivity contribution in [2.24, 2.45) is 0 Å².